The number of methoxy groups -OCH3 is 1. The van der Waals surface area contributed by atoms with E-state index in [4.69, 9.17) is 0 Å². The van der Waals surface area contributed by atoms with Crippen LogP contribution in [0.2, 0.25) is 0 Å². The molecular formula is C11H23NO4S. The van der Waals surface area contributed by atoms with Crippen LogP contribution in [0.4, 0.5) is 0 Å². The van der Waals surface area contributed by atoms with Crippen LogP contribution in [0, 0.1) is 5.92 Å². The third-order valence-electron chi connectivity index (χ3n) is 2.99. The van der Waals surface area contributed by atoms with Crippen molar-refractivity contribution in [1.82, 2.24) is 4.31 Å². The highest BCUT2D eigenvalue weighted by Gasteiger charge is 2.24. The number of carbonyl (C=O) groups excluding carboxylic acids is 1. The molecule has 0 aromatic heterocycles. The zero-order chi connectivity index (χ0) is 13.6. The van der Waals surface area contributed by atoms with Gasteiger partial charge in [0.15, 0.2) is 0 Å². The monoisotopic (exact) mass is 265 g/mol. The molecule has 6 heteroatoms. The molecule has 17 heavy (non-hydrogen) atoms. The summed E-state index contributed by atoms with van der Waals surface area (Å²) in [6.45, 7) is 5.83. The van der Waals surface area contributed by atoms with Crippen LogP contribution in [0.5, 0.6) is 0 Å². The molecule has 0 saturated carbocycles. The topological polar surface area (TPSA) is 63.7 Å². The van der Waals surface area contributed by atoms with Crippen LogP contribution in [0.1, 0.15) is 33.6 Å². The quantitative estimate of drug-likeness (QED) is 0.650. The zero-order valence-electron chi connectivity index (χ0n) is 11.3. The first-order valence-electron chi connectivity index (χ1n) is 5.75. The van der Waals surface area contributed by atoms with Gasteiger partial charge in [-0.25, -0.2) is 12.7 Å². The van der Waals surface area contributed by atoms with Crippen LogP contribution in [-0.2, 0) is 19.6 Å². The minimum Gasteiger partial charge on any atom is -0.469 e. The van der Waals surface area contributed by atoms with E-state index >= 15 is 0 Å². The number of sulfonamides is 1. The summed E-state index contributed by atoms with van der Waals surface area (Å²) in [7, 11) is -0.406. The molecule has 0 bridgehead atoms. The number of ether oxygens (including phenoxy) is 1. The molecule has 0 spiro atoms. The van der Waals surface area contributed by atoms with E-state index in [-0.39, 0.29) is 30.1 Å². The van der Waals surface area contributed by atoms with Gasteiger partial charge in [0.2, 0.25) is 10.0 Å². The fraction of sp³-hybridized carbons (Fsp3) is 0.909. The van der Waals surface area contributed by atoms with Crippen LogP contribution in [0.3, 0.4) is 0 Å². The normalized spacial score (nSPS) is 14.1. The first-order valence-corrected chi connectivity index (χ1v) is 7.35. The van der Waals surface area contributed by atoms with Crippen molar-refractivity contribution in [2.24, 2.45) is 5.92 Å². The van der Waals surface area contributed by atoms with Gasteiger partial charge < -0.3 is 4.74 Å². The Morgan fingerprint density at radius 2 is 1.82 bits per heavy atom. The van der Waals surface area contributed by atoms with E-state index in [0.29, 0.717) is 6.42 Å². The Balaban J connectivity index is 4.33. The van der Waals surface area contributed by atoms with E-state index in [1.807, 2.05) is 20.8 Å². The average molecular weight is 265 g/mol. The van der Waals surface area contributed by atoms with Gasteiger partial charge in [-0.05, 0) is 19.3 Å². The second-order valence-corrected chi connectivity index (χ2v) is 6.64. The summed E-state index contributed by atoms with van der Waals surface area (Å²) in [6, 6.07) is -0.0434. The largest absolute Gasteiger partial charge is 0.469 e. The fourth-order valence-electron chi connectivity index (χ4n) is 1.32. The molecule has 5 nitrogen and oxygen atoms in total. The summed E-state index contributed by atoms with van der Waals surface area (Å²) in [5.41, 5.74) is 0. The van der Waals surface area contributed by atoms with Gasteiger partial charge in [0.05, 0.1) is 12.9 Å². The SMILES string of the molecule is COC(=O)CCCS(=O)(=O)N(C)C(C)C(C)C. The maximum absolute atomic E-state index is 11.9. The van der Waals surface area contributed by atoms with Gasteiger partial charge in [0.25, 0.3) is 0 Å². The van der Waals surface area contributed by atoms with Crippen LogP contribution >= 0.6 is 0 Å². The highest BCUT2D eigenvalue weighted by molar-refractivity contribution is 7.89. The predicted octanol–water partition coefficient (Wildman–Crippen LogP) is 1.25. The smallest absolute Gasteiger partial charge is 0.305 e. The number of hydrogen-bond donors (Lipinski definition) is 0. The predicted molar refractivity (Wildman–Crippen MR) is 67.1 cm³/mol. The lowest BCUT2D eigenvalue weighted by Crippen LogP contribution is -2.39. The standard InChI is InChI=1S/C11H23NO4S/c1-9(2)10(3)12(4)17(14,15)8-6-7-11(13)16-5/h9-10H,6-8H2,1-5H3. The van der Waals surface area contributed by atoms with Gasteiger partial charge in [0.1, 0.15) is 0 Å². The molecule has 0 amide bonds. The summed E-state index contributed by atoms with van der Waals surface area (Å²) >= 11 is 0. The number of esters is 1. The van der Waals surface area contributed by atoms with Crippen molar-refractivity contribution < 1.29 is 17.9 Å². The zero-order valence-corrected chi connectivity index (χ0v) is 12.1. The van der Waals surface area contributed by atoms with Crippen LogP contribution in [0.25, 0.3) is 0 Å². The molecule has 1 atom stereocenters. The molecular weight excluding hydrogens is 242 g/mol. The average Bonchev–Trinajstić information content (AvgIpc) is 2.26. The molecule has 0 saturated heterocycles. The molecule has 1 unspecified atom stereocenters. The first-order chi connectivity index (χ1) is 7.72. The Hall–Kier alpha value is -0.620. The molecule has 0 N–H and O–H groups in total. The summed E-state index contributed by atoms with van der Waals surface area (Å²) in [5.74, 6) is -0.134. The van der Waals surface area contributed by atoms with Gasteiger partial charge in [-0.15, -0.1) is 0 Å². The number of rotatable bonds is 7. The van der Waals surface area contributed by atoms with Gasteiger partial charge in [-0.3, -0.25) is 4.79 Å². The van der Waals surface area contributed by atoms with Gasteiger partial charge >= 0.3 is 5.97 Å². The Kier molecular flexibility index (Phi) is 6.70. The summed E-state index contributed by atoms with van der Waals surface area (Å²) in [4.78, 5) is 10.9. The van der Waals surface area contributed by atoms with Crippen molar-refractivity contribution >= 4 is 16.0 Å². The lowest BCUT2D eigenvalue weighted by molar-refractivity contribution is -0.140. The van der Waals surface area contributed by atoms with E-state index in [2.05, 4.69) is 4.74 Å². The Labute approximate surface area is 104 Å². The molecule has 102 valence electrons. The molecule has 0 aliphatic heterocycles. The molecule has 0 heterocycles. The molecule has 0 rings (SSSR count). The third-order valence-corrected chi connectivity index (χ3v) is 5.00. The lowest BCUT2D eigenvalue weighted by Gasteiger charge is -2.27. The summed E-state index contributed by atoms with van der Waals surface area (Å²) in [5, 5.41) is 0. The van der Waals surface area contributed by atoms with Gasteiger partial charge in [-0.1, -0.05) is 13.8 Å². The van der Waals surface area contributed by atoms with Crippen LogP contribution in [-0.4, -0.2) is 44.6 Å². The van der Waals surface area contributed by atoms with Crippen molar-refractivity contribution in [1.29, 1.82) is 0 Å². The maximum Gasteiger partial charge on any atom is 0.305 e. The fourth-order valence-corrected chi connectivity index (χ4v) is 2.87. The van der Waals surface area contributed by atoms with E-state index in [1.165, 1.54) is 11.4 Å². The number of nitrogens with zero attached hydrogens (tertiary/aromatic N) is 1. The van der Waals surface area contributed by atoms with E-state index in [9.17, 15) is 13.2 Å². The first kappa shape index (κ1) is 16.4. The van der Waals surface area contributed by atoms with Crippen molar-refractivity contribution in [3.63, 3.8) is 0 Å². The molecule has 0 radical (unpaired) electrons. The van der Waals surface area contributed by atoms with Crippen LogP contribution < -0.4 is 0 Å². The van der Waals surface area contributed by atoms with Crippen molar-refractivity contribution in [3.8, 4) is 0 Å². The minimum absolute atomic E-state index is 0.0182. The number of hydrogen-bond acceptors (Lipinski definition) is 4. The second-order valence-electron chi connectivity index (χ2n) is 4.50. The van der Waals surface area contributed by atoms with Crippen molar-refractivity contribution in [3.05, 3.63) is 0 Å². The molecule has 0 aliphatic rings. The van der Waals surface area contributed by atoms with Crippen LogP contribution in [0.15, 0.2) is 0 Å². The van der Waals surface area contributed by atoms with Crippen molar-refractivity contribution in [2.75, 3.05) is 19.9 Å². The van der Waals surface area contributed by atoms with Gasteiger partial charge in [-0.2, -0.15) is 0 Å². The second kappa shape index (κ2) is 6.96. The summed E-state index contributed by atoms with van der Waals surface area (Å²) in [6.07, 6.45) is 0.434. The molecule has 0 aromatic rings. The molecule has 0 fully saturated rings. The highest BCUT2D eigenvalue weighted by atomic mass is 32.2. The maximum atomic E-state index is 11.9. The minimum atomic E-state index is -3.28. The Bertz CT molecular complexity index is 337. The highest BCUT2D eigenvalue weighted by Crippen LogP contribution is 2.13. The Morgan fingerprint density at radius 1 is 1.29 bits per heavy atom. The van der Waals surface area contributed by atoms with Crippen molar-refractivity contribution in [2.45, 2.75) is 39.7 Å². The lowest BCUT2D eigenvalue weighted by atomic mass is 10.1. The van der Waals surface area contributed by atoms with E-state index in [1.54, 1.807) is 7.05 Å². The Morgan fingerprint density at radius 3 is 2.24 bits per heavy atom. The van der Waals surface area contributed by atoms with E-state index < -0.39 is 10.0 Å². The molecule has 0 aromatic carbocycles. The number of carbonyl (C=O) groups is 1. The summed E-state index contributed by atoms with van der Waals surface area (Å²) < 4.78 is 29.7. The third kappa shape index (κ3) is 5.50. The van der Waals surface area contributed by atoms with Gasteiger partial charge in [0, 0.05) is 19.5 Å². The van der Waals surface area contributed by atoms with E-state index in [0.717, 1.165) is 0 Å². The molecule has 0 aliphatic carbocycles.